The summed E-state index contributed by atoms with van der Waals surface area (Å²) in [6.07, 6.45) is -4.26. The number of hydrogen-bond donors (Lipinski definition) is 5. The summed E-state index contributed by atoms with van der Waals surface area (Å²) in [5, 5.41) is 43.7. The van der Waals surface area contributed by atoms with Gasteiger partial charge in [0.15, 0.2) is 0 Å². The largest absolute Gasteiger partial charge is 0.394 e. The Labute approximate surface area is 168 Å². The minimum absolute atomic E-state index is 0.453. The van der Waals surface area contributed by atoms with E-state index in [0.29, 0.717) is 17.0 Å². The van der Waals surface area contributed by atoms with Crippen LogP contribution in [0.3, 0.4) is 0 Å². The van der Waals surface area contributed by atoms with Crippen molar-refractivity contribution in [3.8, 4) is 0 Å². The van der Waals surface area contributed by atoms with E-state index in [4.69, 9.17) is 16.3 Å². The van der Waals surface area contributed by atoms with Crippen LogP contribution in [-0.4, -0.2) is 58.0 Å². The summed E-state index contributed by atoms with van der Waals surface area (Å²) in [6, 6.07) is 11.6. The molecule has 0 aromatic heterocycles. The van der Waals surface area contributed by atoms with Crippen LogP contribution in [-0.2, 0) is 17.6 Å². The molecule has 1 saturated heterocycles. The van der Waals surface area contributed by atoms with Crippen molar-refractivity contribution in [1.29, 1.82) is 0 Å². The van der Waals surface area contributed by atoms with Gasteiger partial charge in [-0.05, 0) is 47.2 Å². The molecule has 5 atom stereocenters. The highest BCUT2D eigenvalue weighted by atomic mass is 35.5. The molecular formula is C21H24ClNO5. The monoisotopic (exact) mass is 405 g/mol. The predicted molar refractivity (Wildman–Crippen MR) is 106 cm³/mol. The molecule has 0 aliphatic carbocycles. The van der Waals surface area contributed by atoms with Gasteiger partial charge < -0.3 is 30.5 Å². The van der Waals surface area contributed by atoms with Gasteiger partial charge in [-0.1, -0.05) is 35.9 Å². The van der Waals surface area contributed by atoms with E-state index in [0.717, 1.165) is 24.1 Å². The van der Waals surface area contributed by atoms with Gasteiger partial charge in [-0.25, -0.2) is 0 Å². The summed E-state index contributed by atoms with van der Waals surface area (Å²) in [5.74, 6) is 0. The zero-order valence-electron chi connectivity index (χ0n) is 15.3. The fourth-order valence-corrected chi connectivity index (χ4v) is 4.16. The number of aliphatic hydroxyl groups excluding tert-OH is 4. The number of hydrogen-bond acceptors (Lipinski definition) is 6. The van der Waals surface area contributed by atoms with Crippen LogP contribution in [0, 0.1) is 0 Å². The second-order valence-electron chi connectivity index (χ2n) is 7.45. The smallest absolute Gasteiger partial charge is 0.113 e. The van der Waals surface area contributed by atoms with Gasteiger partial charge in [-0.15, -0.1) is 0 Å². The molecule has 4 rings (SSSR count). The Kier molecular flexibility index (Phi) is 5.60. The molecule has 2 aromatic carbocycles. The summed E-state index contributed by atoms with van der Waals surface area (Å²) in [6.45, 7) is 0.497. The van der Waals surface area contributed by atoms with Crippen LogP contribution >= 0.6 is 11.6 Å². The van der Waals surface area contributed by atoms with E-state index in [1.807, 2.05) is 6.07 Å². The van der Waals surface area contributed by atoms with E-state index < -0.39 is 37.1 Å². The minimum atomic E-state index is -1.40. The first-order valence-electron chi connectivity index (χ1n) is 9.42. The fraction of sp³-hybridized carbons (Fsp3) is 0.429. The standard InChI is InChI=1S/C21H24ClNO5/c22-15-3-2-13(21-20(27)19(26)18(25)17(10-24)28-21)9-14(15)8-11-1-4-16-12(7-11)5-6-23-16/h1-4,7,9,17-21,23-27H,5-6,8,10H2. The first kappa shape index (κ1) is 19.6. The van der Waals surface area contributed by atoms with Crippen molar-refractivity contribution < 1.29 is 25.2 Å². The van der Waals surface area contributed by atoms with Crippen molar-refractivity contribution in [2.45, 2.75) is 43.4 Å². The third kappa shape index (κ3) is 3.64. The predicted octanol–water partition coefficient (Wildman–Crippen LogP) is 1.41. The van der Waals surface area contributed by atoms with Crippen molar-refractivity contribution in [2.75, 3.05) is 18.5 Å². The Morgan fingerprint density at radius 3 is 2.64 bits per heavy atom. The van der Waals surface area contributed by atoms with Crippen molar-refractivity contribution in [2.24, 2.45) is 0 Å². The molecule has 2 aromatic rings. The molecule has 2 aliphatic rings. The van der Waals surface area contributed by atoms with E-state index in [1.165, 1.54) is 11.3 Å². The van der Waals surface area contributed by atoms with E-state index in [2.05, 4.69) is 23.5 Å². The highest BCUT2D eigenvalue weighted by molar-refractivity contribution is 6.31. The van der Waals surface area contributed by atoms with Crippen molar-refractivity contribution in [3.63, 3.8) is 0 Å². The van der Waals surface area contributed by atoms with Gasteiger partial charge in [0, 0.05) is 17.3 Å². The average Bonchev–Trinajstić information content (AvgIpc) is 3.16. The molecular weight excluding hydrogens is 382 g/mol. The van der Waals surface area contributed by atoms with Gasteiger partial charge in [0.2, 0.25) is 0 Å². The number of ether oxygens (including phenoxy) is 1. The lowest BCUT2D eigenvalue weighted by Crippen LogP contribution is -2.55. The lowest BCUT2D eigenvalue weighted by atomic mass is 9.90. The molecule has 0 saturated carbocycles. The van der Waals surface area contributed by atoms with Crippen LogP contribution in [0.25, 0.3) is 0 Å². The molecule has 1 fully saturated rings. The number of nitrogens with one attached hydrogen (secondary N) is 1. The molecule has 150 valence electrons. The summed E-state index contributed by atoms with van der Waals surface area (Å²) in [7, 11) is 0. The summed E-state index contributed by atoms with van der Waals surface area (Å²) >= 11 is 6.40. The molecule has 0 bridgehead atoms. The number of aliphatic hydroxyl groups is 4. The minimum Gasteiger partial charge on any atom is -0.394 e. The maximum Gasteiger partial charge on any atom is 0.113 e. The van der Waals surface area contributed by atoms with Gasteiger partial charge in [0.25, 0.3) is 0 Å². The van der Waals surface area contributed by atoms with Crippen molar-refractivity contribution >= 4 is 17.3 Å². The second-order valence-corrected chi connectivity index (χ2v) is 7.85. The van der Waals surface area contributed by atoms with Crippen LogP contribution in [0.1, 0.15) is 28.4 Å². The number of rotatable bonds is 4. The molecule has 5 unspecified atom stereocenters. The van der Waals surface area contributed by atoms with Crippen molar-refractivity contribution in [3.05, 3.63) is 63.7 Å². The maximum absolute atomic E-state index is 10.4. The van der Waals surface area contributed by atoms with Gasteiger partial charge in [-0.2, -0.15) is 0 Å². The quantitative estimate of drug-likeness (QED) is 0.527. The van der Waals surface area contributed by atoms with Crippen molar-refractivity contribution in [1.82, 2.24) is 0 Å². The molecule has 6 nitrogen and oxygen atoms in total. The highest BCUT2D eigenvalue weighted by Gasteiger charge is 2.44. The summed E-state index contributed by atoms with van der Waals surface area (Å²) < 4.78 is 5.66. The SMILES string of the molecule is OCC1OC(c2ccc(Cl)c(Cc3ccc4c(c3)CCN4)c2)C(O)C(O)C1O. The van der Waals surface area contributed by atoms with Gasteiger partial charge >= 0.3 is 0 Å². The Bertz CT molecular complexity index is 859. The number of anilines is 1. The van der Waals surface area contributed by atoms with Gasteiger partial charge in [-0.3, -0.25) is 0 Å². The average molecular weight is 406 g/mol. The third-order valence-corrected chi connectivity index (χ3v) is 5.93. The maximum atomic E-state index is 10.4. The van der Waals surface area contributed by atoms with E-state index >= 15 is 0 Å². The zero-order valence-corrected chi connectivity index (χ0v) is 16.0. The van der Waals surface area contributed by atoms with E-state index in [1.54, 1.807) is 12.1 Å². The Morgan fingerprint density at radius 2 is 1.86 bits per heavy atom. The topological polar surface area (TPSA) is 102 Å². The van der Waals surface area contributed by atoms with Gasteiger partial charge in [0.05, 0.1) is 6.61 Å². The van der Waals surface area contributed by atoms with Crippen LogP contribution in [0.2, 0.25) is 5.02 Å². The lowest BCUT2D eigenvalue weighted by Gasteiger charge is -2.40. The first-order chi connectivity index (χ1) is 13.5. The highest BCUT2D eigenvalue weighted by Crippen LogP contribution is 2.34. The second kappa shape index (κ2) is 7.99. The Balaban J connectivity index is 1.60. The summed E-state index contributed by atoms with van der Waals surface area (Å²) in [4.78, 5) is 0. The Morgan fingerprint density at radius 1 is 1.04 bits per heavy atom. The number of fused-ring (bicyclic) bond motifs is 1. The Hall–Kier alpha value is -1.67. The molecule has 2 heterocycles. The molecule has 5 N–H and O–H groups in total. The molecule has 2 aliphatic heterocycles. The fourth-order valence-electron chi connectivity index (χ4n) is 3.97. The molecule has 0 spiro atoms. The molecule has 28 heavy (non-hydrogen) atoms. The number of halogens is 1. The van der Waals surface area contributed by atoms with Crippen LogP contribution in [0.4, 0.5) is 5.69 Å². The molecule has 0 radical (unpaired) electrons. The van der Waals surface area contributed by atoms with Crippen LogP contribution in [0.15, 0.2) is 36.4 Å². The first-order valence-corrected chi connectivity index (χ1v) is 9.80. The van der Waals surface area contributed by atoms with E-state index in [9.17, 15) is 20.4 Å². The van der Waals surface area contributed by atoms with E-state index in [-0.39, 0.29) is 0 Å². The van der Waals surface area contributed by atoms with Crippen LogP contribution < -0.4 is 5.32 Å². The normalized spacial score (nSPS) is 29.4. The lowest BCUT2D eigenvalue weighted by molar-refractivity contribution is -0.231. The molecule has 0 amide bonds. The van der Waals surface area contributed by atoms with Crippen LogP contribution in [0.5, 0.6) is 0 Å². The summed E-state index contributed by atoms with van der Waals surface area (Å²) in [5.41, 5.74) is 5.11. The molecule has 7 heteroatoms. The number of benzene rings is 2. The van der Waals surface area contributed by atoms with Gasteiger partial charge in [0.1, 0.15) is 30.5 Å². The third-order valence-electron chi connectivity index (χ3n) is 5.56. The zero-order chi connectivity index (χ0) is 19.8.